The second-order valence-corrected chi connectivity index (χ2v) is 4.22. The summed E-state index contributed by atoms with van der Waals surface area (Å²) >= 11 is 5.09. The van der Waals surface area contributed by atoms with Crippen LogP contribution in [0.3, 0.4) is 0 Å². The van der Waals surface area contributed by atoms with E-state index in [0.29, 0.717) is 23.8 Å². The summed E-state index contributed by atoms with van der Waals surface area (Å²) in [6.45, 7) is 3.70. The highest BCUT2D eigenvalue weighted by Crippen LogP contribution is 2.10. The number of amides is 1. The lowest BCUT2D eigenvalue weighted by Gasteiger charge is -2.10. The highest BCUT2D eigenvalue weighted by atomic mass is 32.1. The van der Waals surface area contributed by atoms with Crippen molar-refractivity contribution in [1.29, 1.82) is 0 Å². The van der Waals surface area contributed by atoms with Crippen molar-refractivity contribution in [2.75, 3.05) is 32.1 Å². The minimum atomic E-state index is -0.130. The van der Waals surface area contributed by atoms with Gasteiger partial charge in [0.2, 0.25) is 0 Å². The number of carbonyl (C=O) groups excluding carboxylic acids is 1. The summed E-state index contributed by atoms with van der Waals surface area (Å²) < 4.78 is 4.88. The van der Waals surface area contributed by atoms with Crippen LogP contribution in [0.4, 0.5) is 5.69 Å². The van der Waals surface area contributed by atoms with Gasteiger partial charge in [-0.1, -0.05) is 6.07 Å². The molecule has 0 unspecified atom stereocenters. The monoisotopic (exact) mass is 281 g/mol. The zero-order valence-corrected chi connectivity index (χ0v) is 12.0. The Hall–Kier alpha value is -1.66. The predicted molar refractivity (Wildman–Crippen MR) is 80.5 cm³/mol. The van der Waals surface area contributed by atoms with E-state index in [1.54, 1.807) is 19.2 Å². The van der Waals surface area contributed by atoms with Crippen LogP contribution in [0.2, 0.25) is 0 Å². The van der Waals surface area contributed by atoms with Crippen molar-refractivity contribution in [1.82, 2.24) is 10.6 Å². The summed E-state index contributed by atoms with van der Waals surface area (Å²) in [5.41, 5.74) is 1.37. The minimum Gasteiger partial charge on any atom is -0.383 e. The highest BCUT2D eigenvalue weighted by molar-refractivity contribution is 7.80. The fourth-order valence-electron chi connectivity index (χ4n) is 1.44. The summed E-state index contributed by atoms with van der Waals surface area (Å²) in [5.74, 6) is -0.130. The molecular formula is C13H19N3O2S. The number of anilines is 1. The van der Waals surface area contributed by atoms with Crippen molar-refractivity contribution in [3.05, 3.63) is 29.8 Å². The van der Waals surface area contributed by atoms with Gasteiger partial charge in [0.05, 0.1) is 6.61 Å². The van der Waals surface area contributed by atoms with Crippen molar-refractivity contribution in [2.45, 2.75) is 6.92 Å². The standard InChI is InChI=1S/C13H19N3O2S/c1-3-14-13(19)16-11-6-4-5-10(9-11)12(17)15-7-8-18-2/h4-6,9H,3,7-8H2,1-2H3,(H,15,17)(H2,14,16,19). The molecule has 0 aromatic heterocycles. The number of rotatable bonds is 6. The summed E-state index contributed by atoms with van der Waals surface area (Å²) in [5, 5.41) is 9.32. The average molecular weight is 281 g/mol. The van der Waals surface area contributed by atoms with E-state index in [-0.39, 0.29) is 5.91 Å². The van der Waals surface area contributed by atoms with Gasteiger partial charge >= 0.3 is 0 Å². The minimum absolute atomic E-state index is 0.130. The molecule has 104 valence electrons. The number of hydrogen-bond acceptors (Lipinski definition) is 3. The molecule has 0 saturated carbocycles. The van der Waals surface area contributed by atoms with E-state index < -0.39 is 0 Å². The smallest absolute Gasteiger partial charge is 0.251 e. The van der Waals surface area contributed by atoms with E-state index in [1.165, 1.54) is 0 Å². The van der Waals surface area contributed by atoms with Crippen LogP contribution in [-0.4, -0.2) is 37.8 Å². The van der Waals surface area contributed by atoms with E-state index in [0.717, 1.165) is 12.2 Å². The summed E-state index contributed by atoms with van der Waals surface area (Å²) in [4.78, 5) is 11.8. The first-order valence-corrected chi connectivity index (χ1v) is 6.50. The normalized spacial score (nSPS) is 9.79. The van der Waals surface area contributed by atoms with Crippen LogP contribution in [0, 0.1) is 0 Å². The third-order valence-corrected chi connectivity index (χ3v) is 2.56. The molecule has 0 aliphatic heterocycles. The third kappa shape index (κ3) is 5.67. The van der Waals surface area contributed by atoms with Crippen molar-refractivity contribution < 1.29 is 9.53 Å². The van der Waals surface area contributed by atoms with Crippen molar-refractivity contribution in [3.8, 4) is 0 Å². The lowest BCUT2D eigenvalue weighted by Crippen LogP contribution is -2.29. The first-order valence-electron chi connectivity index (χ1n) is 6.09. The number of nitrogens with one attached hydrogen (secondary N) is 3. The molecule has 0 bridgehead atoms. The Labute approximate surface area is 118 Å². The molecule has 1 aromatic carbocycles. The van der Waals surface area contributed by atoms with Gasteiger partial charge in [-0.25, -0.2) is 0 Å². The first-order chi connectivity index (χ1) is 9.17. The van der Waals surface area contributed by atoms with Crippen LogP contribution >= 0.6 is 12.2 Å². The zero-order valence-electron chi connectivity index (χ0n) is 11.2. The number of methoxy groups -OCH3 is 1. The quantitative estimate of drug-likeness (QED) is 0.543. The molecule has 0 aliphatic carbocycles. The molecule has 19 heavy (non-hydrogen) atoms. The Morgan fingerprint density at radius 3 is 2.84 bits per heavy atom. The van der Waals surface area contributed by atoms with Crippen LogP contribution in [0.1, 0.15) is 17.3 Å². The molecule has 0 fully saturated rings. The van der Waals surface area contributed by atoms with Gasteiger partial charge < -0.3 is 20.7 Å². The van der Waals surface area contributed by atoms with E-state index in [4.69, 9.17) is 17.0 Å². The number of carbonyl (C=O) groups is 1. The average Bonchev–Trinajstić information content (AvgIpc) is 2.39. The van der Waals surface area contributed by atoms with E-state index >= 15 is 0 Å². The summed E-state index contributed by atoms with van der Waals surface area (Å²) in [6.07, 6.45) is 0. The lowest BCUT2D eigenvalue weighted by molar-refractivity contribution is 0.0937. The third-order valence-electron chi connectivity index (χ3n) is 2.31. The van der Waals surface area contributed by atoms with E-state index in [2.05, 4.69) is 16.0 Å². The van der Waals surface area contributed by atoms with Gasteiger partial charge in [0.15, 0.2) is 5.11 Å². The Kier molecular flexibility index (Phi) is 6.84. The molecule has 1 rings (SSSR count). The molecule has 0 saturated heterocycles. The predicted octanol–water partition coefficient (Wildman–Crippen LogP) is 1.37. The first kappa shape index (κ1) is 15.4. The van der Waals surface area contributed by atoms with Gasteiger partial charge in [-0.05, 0) is 37.3 Å². The number of benzene rings is 1. The van der Waals surface area contributed by atoms with Crippen LogP contribution < -0.4 is 16.0 Å². The summed E-state index contributed by atoms with van der Waals surface area (Å²) in [6, 6.07) is 7.17. The summed E-state index contributed by atoms with van der Waals surface area (Å²) in [7, 11) is 1.60. The molecular weight excluding hydrogens is 262 g/mol. The molecule has 0 atom stereocenters. The molecule has 1 amide bonds. The van der Waals surface area contributed by atoms with E-state index in [1.807, 2.05) is 19.1 Å². The number of ether oxygens (including phenoxy) is 1. The Bertz CT molecular complexity index is 438. The topological polar surface area (TPSA) is 62.4 Å². The van der Waals surface area contributed by atoms with Gasteiger partial charge in [0.25, 0.3) is 5.91 Å². The highest BCUT2D eigenvalue weighted by Gasteiger charge is 2.05. The maximum atomic E-state index is 11.8. The molecule has 3 N–H and O–H groups in total. The van der Waals surface area contributed by atoms with Crippen LogP contribution in [-0.2, 0) is 4.74 Å². The van der Waals surface area contributed by atoms with Gasteiger partial charge in [0.1, 0.15) is 0 Å². The van der Waals surface area contributed by atoms with Gasteiger partial charge in [-0.2, -0.15) is 0 Å². The SMILES string of the molecule is CCNC(=S)Nc1cccc(C(=O)NCCOC)c1. The van der Waals surface area contributed by atoms with E-state index in [9.17, 15) is 4.79 Å². The van der Waals surface area contributed by atoms with Gasteiger partial charge in [0, 0.05) is 31.5 Å². The molecule has 0 spiro atoms. The fourth-order valence-corrected chi connectivity index (χ4v) is 1.70. The molecule has 0 heterocycles. The Morgan fingerprint density at radius 2 is 2.16 bits per heavy atom. The molecule has 0 radical (unpaired) electrons. The Morgan fingerprint density at radius 1 is 1.37 bits per heavy atom. The van der Waals surface area contributed by atoms with Crippen molar-refractivity contribution >= 4 is 28.9 Å². The van der Waals surface area contributed by atoms with Crippen LogP contribution in [0.15, 0.2) is 24.3 Å². The fraction of sp³-hybridized carbons (Fsp3) is 0.385. The van der Waals surface area contributed by atoms with Gasteiger partial charge in [-0.15, -0.1) is 0 Å². The lowest BCUT2D eigenvalue weighted by atomic mass is 10.2. The molecule has 5 nitrogen and oxygen atoms in total. The van der Waals surface area contributed by atoms with Crippen molar-refractivity contribution in [3.63, 3.8) is 0 Å². The second-order valence-electron chi connectivity index (χ2n) is 3.81. The maximum Gasteiger partial charge on any atom is 0.251 e. The number of hydrogen-bond donors (Lipinski definition) is 3. The van der Waals surface area contributed by atoms with Crippen LogP contribution in [0.5, 0.6) is 0 Å². The zero-order chi connectivity index (χ0) is 14.1. The second kappa shape index (κ2) is 8.44. The molecule has 0 aliphatic rings. The van der Waals surface area contributed by atoms with Gasteiger partial charge in [-0.3, -0.25) is 4.79 Å². The molecule has 1 aromatic rings. The van der Waals surface area contributed by atoms with Crippen molar-refractivity contribution in [2.24, 2.45) is 0 Å². The largest absolute Gasteiger partial charge is 0.383 e. The molecule has 6 heteroatoms. The van der Waals surface area contributed by atoms with Crippen LogP contribution in [0.25, 0.3) is 0 Å². The maximum absolute atomic E-state index is 11.8. The Balaban J connectivity index is 2.60. The number of thiocarbonyl (C=S) groups is 1.